The maximum absolute atomic E-state index is 15.3. The van der Waals surface area contributed by atoms with Crippen LogP contribution in [0.15, 0.2) is 109 Å². The Balaban J connectivity index is 1.19. The van der Waals surface area contributed by atoms with Crippen LogP contribution >= 0.6 is 0 Å². The lowest BCUT2D eigenvalue weighted by Crippen LogP contribution is -2.51. The third-order valence-electron chi connectivity index (χ3n) is 12.3. The summed E-state index contributed by atoms with van der Waals surface area (Å²) in [6, 6.07) is 34.4. The van der Waals surface area contributed by atoms with Crippen molar-refractivity contribution in [3.63, 3.8) is 0 Å². The van der Waals surface area contributed by atoms with Crippen molar-refractivity contribution in [2.75, 3.05) is 30.1 Å². The highest BCUT2D eigenvalue weighted by atomic mass is 28.3. The number of aryl methyl sites for hydroxylation is 1. The number of carbonyl (C=O) groups excluding carboxylic acids is 2. The Morgan fingerprint density at radius 2 is 1.71 bits per heavy atom. The monoisotopic (exact) mass is 755 g/mol. The van der Waals surface area contributed by atoms with Gasteiger partial charge in [0, 0.05) is 42.9 Å². The SMILES string of the molecule is COc1ccc([Si](C)(C)[C@H]2[C@H](CCn3cc(C(CO)c4ccccc4)nn3)O[C@@]3(C(=O)N(Cc4ccccc4)c4ccc(N5CCCC5=O)cc43)[C@@H]2C)cc1. The molecule has 4 aromatic carbocycles. The molecule has 11 heteroatoms. The Morgan fingerprint density at radius 3 is 2.38 bits per heavy atom. The molecule has 1 spiro atoms. The second kappa shape index (κ2) is 14.9. The molecule has 10 nitrogen and oxygen atoms in total. The standard InChI is InChI=1S/C44H49N5O5Si/c1-30-42(55(3,4)35-20-18-34(53-2)19-21-35)40(23-25-47-28-38(45-46-47)36(29-50)32-14-9-6-10-15-32)54-44(30)37-26-33(48-24-11-16-41(48)51)17-22-39(37)49(43(44)52)27-31-12-7-5-8-13-31/h5-10,12-15,17-22,26,28,30,36,40,42,50H,11,16,23-25,27,29H2,1-4H3/t30-,36?,40+,42-,44+/m1/s1. The molecule has 0 radical (unpaired) electrons. The Morgan fingerprint density at radius 1 is 0.982 bits per heavy atom. The molecule has 8 rings (SSSR count). The number of carbonyl (C=O) groups is 2. The predicted octanol–water partition coefficient (Wildman–Crippen LogP) is 6.39. The van der Waals surface area contributed by atoms with Crippen LogP contribution in [-0.2, 0) is 33.0 Å². The van der Waals surface area contributed by atoms with Crippen LogP contribution in [-0.4, -0.2) is 66.4 Å². The summed E-state index contributed by atoms with van der Waals surface area (Å²) < 4.78 is 14.8. The highest BCUT2D eigenvalue weighted by molar-refractivity contribution is 6.91. The second-order valence-corrected chi connectivity index (χ2v) is 20.4. The van der Waals surface area contributed by atoms with Gasteiger partial charge in [0.15, 0.2) is 5.60 Å². The molecule has 4 heterocycles. The normalized spacial score (nSPS) is 22.8. The molecule has 55 heavy (non-hydrogen) atoms. The molecule has 2 saturated heterocycles. The first-order valence-corrected chi connectivity index (χ1v) is 22.4. The van der Waals surface area contributed by atoms with E-state index in [1.165, 1.54) is 5.19 Å². The lowest BCUT2D eigenvalue weighted by molar-refractivity contribution is -0.146. The third-order valence-corrected chi connectivity index (χ3v) is 16.7. The number of aromatic nitrogens is 3. The smallest absolute Gasteiger partial charge is 0.264 e. The molecule has 5 atom stereocenters. The molecule has 0 bridgehead atoms. The van der Waals surface area contributed by atoms with E-state index in [-0.39, 0.29) is 41.9 Å². The quantitative estimate of drug-likeness (QED) is 0.147. The minimum Gasteiger partial charge on any atom is -0.497 e. The first-order valence-electron chi connectivity index (χ1n) is 19.3. The third kappa shape index (κ3) is 6.47. The number of benzene rings is 4. The van der Waals surface area contributed by atoms with Crippen molar-refractivity contribution in [1.82, 2.24) is 15.0 Å². The Hall–Kier alpha value is -5.10. The highest BCUT2D eigenvalue weighted by Crippen LogP contribution is 2.60. The van der Waals surface area contributed by atoms with Gasteiger partial charge in [-0.3, -0.25) is 14.3 Å². The van der Waals surface area contributed by atoms with E-state index in [1.807, 2.05) is 106 Å². The number of fused-ring (bicyclic) bond motifs is 2. The number of aliphatic hydroxyl groups excluding tert-OH is 1. The van der Waals surface area contributed by atoms with Crippen molar-refractivity contribution in [2.24, 2.45) is 5.92 Å². The fourth-order valence-corrected chi connectivity index (χ4v) is 13.5. The zero-order valence-corrected chi connectivity index (χ0v) is 33.0. The van der Waals surface area contributed by atoms with Gasteiger partial charge < -0.3 is 24.4 Å². The topological polar surface area (TPSA) is 110 Å². The first kappa shape index (κ1) is 36.9. The molecule has 284 valence electrons. The summed E-state index contributed by atoms with van der Waals surface area (Å²) in [4.78, 5) is 32.1. The number of amides is 2. The molecule has 0 saturated carbocycles. The zero-order chi connectivity index (χ0) is 38.3. The molecule has 1 N–H and O–H groups in total. The molecular weight excluding hydrogens is 707 g/mol. The number of hydrogen-bond donors (Lipinski definition) is 1. The van der Waals surface area contributed by atoms with Crippen LogP contribution in [0.2, 0.25) is 18.6 Å². The van der Waals surface area contributed by atoms with E-state index in [1.54, 1.807) is 7.11 Å². The van der Waals surface area contributed by atoms with Crippen LogP contribution in [0.25, 0.3) is 0 Å². The molecule has 3 aliphatic heterocycles. The molecular formula is C44H49N5O5Si. The average molecular weight is 756 g/mol. The van der Waals surface area contributed by atoms with E-state index in [4.69, 9.17) is 9.47 Å². The number of hydrogen-bond acceptors (Lipinski definition) is 7. The van der Waals surface area contributed by atoms with Crippen molar-refractivity contribution in [1.29, 1.82) is 0 Å². The van der Waals surface area contributed by atoms with Crippen LogP contribution in [0.4, 0.5) is 11.4 Å². The molecule has 5 aromatic rings. The fourth-order valence-electron chi connectivity index (χ4n) is 9.48. The lowest BCUT2D eigenvalue weighted by atomic mass is 9.82. The average Bonchev–Trinajstić information content (AvgIpc) is 3.98. The van der Waals surface area contributed by atoms with E-state index >= 15 is 4.79 Å². The number of methoxy groups -OCH3 is 1. The minimum absolute atomic E-state index is 0.0314. The largest absolute Gasteiger partial charge is 0.497 e. The van der Waals surface area contributed by atoms with Crippen molar-refractivity contribution in [3.8, 4) is 5.75 Å². The van der Waals surface area contributed by atoms with Gasteiger partial charge in [0.05, 0.1) is 51.7 Å². The summed E-state index contributed by atoms with van der Waals surface area (Å²) in [6.45, 7) is 8.48. The summed E-state index contributed by atoms with van der Waals surface area (Å²) in [5.41, 5.74) is 3.97. The molecule has 1 aromatic heterocycles. The van der Waals surface area contributed by atoms with Gasteiger partial charge in [0.1, 0.15) is 5.75 Å². The number of ether oxygens (including phenoxy) is 2. The number of rotatable bonds is 12. The van der Waals surface area contributed by atoms with Gasteiger partial charge in [0.25, 0.3) is 5.91 Å². The molecule has 2 amide bonds. The maximum Gasteiger partial charge on any atom is 0.264 e. The van der Waals surface area contributed by atoms with Crippen LogP contribution in [0.1, 0.15) is 54.5 Å². The van der Waals surface area contributed by atoms with Crippen LogP contribution in [0, 0.1) is 5.92 Å². The van der Waals surface area contributed by atoms with Crippen molar-refractivity contribution >= 4 is 36.4 Å². The van der Waals surface area contributed by atoms with Gasteiger partial charge in [-0.2, -0.15) is 0 Å². The van der Waals surface area contributed by atoms with Gasteiger partial charge in [-0.1, -0.05) is 103 Å². The minimum atomic E-state index is -2.39. The number of anilines is 2. The van der Waals surface area contributed by atoms with Gasteiger partial charge in [0.2, 0.25) is 5.91 Å². The summed E-state index contributed by atoms with van der Waals surface area (Å²) >= 11 is 0. The summed E-state index contributed by atoms with van der Waals surface area (Å²) in [7, 11) is -0.717. The van der Waals surface area contributed by atoms with E-state index < -0.39 is 13.7 Å². The summed E-state index contributed by atoms with van der Waals surface area (Å²) in [5, 5.41) is 20.6. The number of nitrogens with zero attached hydrogens (tertiary/aromatic N) is 5. The molecule has 2 fully saturated rings. The van der Waals surface area contributed by atoms with E-state index in [0.717, 1.165) is 40.2 Å². The molecule has 1 unspecified atom stereocenters. The van der Waals surface area contributed by atoms with Gasteiger partial charge in [-0.15, -0.1) is 5.10 Å². The van der Waals surface area contributed by atoms with Gasteiger partial charge >= 0.3 is 0 Å². The van der Waals surface area contributed by atoms with Gasteiger partial charge in [-0.25, -0.2) is 0 Å². The Kier molecular flexibility index (Phi) is 9.95. The van der Waals surface area contributed by atoms with E-state index in [9.17, 15) is 9.90 Å². The van der Waals surface area contributed by atoms with E-state index in [0.29, 0.717) is 38.2 Å². The van der Waals surface area contributed by atoms with Crippen molar-refractivity contribution < 1.29 is 24.2 Å². The Labute approximate surface area is 323 Å². The molecule has 3 aliphatic rings. The van der Waals surface area contributed by atoms with Gasteiger partial charge in [-0.05, 0) is 59.8 Å². The maximum atomic E-state index is 15.3. The first-order chi connectivity index (χ1) is 26.6. The fraction of sp³-hybridized carbons (Fsp3) is 0.364. The van der Waals surface area contributed by atoms with Crippen LogP contribution in [0.5, 0.6) is 5.75 Å². The zero-order valence-electron chi connectivity index (χ0n) is 32.0. The summed E-state index contributed by atoms with van der Waals surface area (Å²) in [5.74, 6) is 0.367. The van der Waals surface area contributed by atoms with E-state index in [2.05, 4.69) is 48.5 Å². The number of aliphatic hydroxyl groups is 1. The van der Waals surface area contributed by atoms with Crippen LogP contribution < -0.4 is 19.7 Å². The highest BCUT2D eigenvalue weighted by Gasteiger charge is 2.66. The van der Waals surface area contributed by atoms with Crippen LogP contribution in [0.3, 0.4) is 0 Å². The van der Waals surface area contributed by atoms with Crippen molar-refractivity contribution in [3.05, 3.63) is 132 Å². The lowest BCUT2D eigenvalue weighted by Gasteiger charge is -2.37. The Bertz CT molecular complexity index is 2160. The van der Waals surface area contributed by atoms with Crippen molar-refractivity contribution in [2.45, 2.75) is 75.5 Å². The summed E-state index contributed by atoms with van der Waals surface area (Å²) in [6.07, 6.45) is 3.56. The second-order valence-electron chi connectivity index (χ2n) is 15.7. The predicted molar refractivity (Wildman–Crippen MR) is 215 cm³/mol. The molecule has 0 aliphatic carbocycles.